The van der Waals surface area contributed by atoms with Crippen molar-refractivity contribution >= 4 is 16.0 Å². The quantitative estimate of drug-likeness (QED) is 0.384. The van der Waals surface area contributed by atoms with E-state index >= 15 is 0 Å². The van der Waals surface area contributed by atoms with Crippen molar-refractivity contribution in [1.82, 2.24) is 10.0 Å². The van der Waals surface area contributed by atoms with E-state index in [1.54, 1.807) is 0 Å². The molecule has 0 aromatic heterocycles. The van der Waals surface area contributed by atoms with Gasteiger partial charge in [0, 0.05) is 25.0 Å². The van der Waals surface area contributed by atoms with Crippen LogP contribution < -0.4 is 10.0 Å². The Bertz CT molecular complexity index is 792. The molecule has 1 heterocycles. The molecule has 2 rings (SSSR count). The van der Waals surface area contributed by atoms with Crippen LogP contribution >= 0.6 is 0 Å². The van der Waals surface area contributed by atoms with Crippen molar-refractivity contribution < 1.29 is 31.1 Å². The summed E-state index contributed by atoms with van der Waals surface area (Å²) in [7, 11) is -2.56. The molecule has 0 aliphatic carbocycles. The lowest BCUT2D eigenvalue weighted by atomic mass is 10.1. The highest BCUT2D eigenvalue weighted by atomic mass is 32.2. The number of halogens is 3. The highest BCUT2D eigenvalue weighted by Gasteiger charge is 2.31. The molecule has 2 N–H and O–H groups in total. The first-order valence-electron chi connectivity index (χ1n) is 8.78. The Morgan fingerprint density at radius 3 is 2.61 bits per heavy atom. The van der Waals surface area contributed by atoms with Crippen LogP contribution in [0.3, 0.4) is 0 Å². The van der Waals surface area contributed by atoms with E-state index in [1.807, 2.05) is 12.2 Å². The highest BCUT2D eigenvalue weighted by Crippen LogP contribution is 2.29. The minimum absolute atomic E-state index is 0.0153. The second-order valence-corrected chi connectivity index (χ2v) is 8.20. The van der Waals surface area contributed by atoms with Gasteiger partial charge in [0.15, 0.2) is 0 Å². The molecule has 1 aromatic rings. The Balaban J connectivity index is 1.84. The highest BCUT2D eigenvalue weighted by molar-refractivity contribution is 7.89. The van der Waals surface area contributed by atoms with Crippen molar-refractivity contribution in [2.75, 3.05) is 13.7 Å². The molecule has 1 aliphatic heterocycles. The van der Waals surface area contributed by atoms with Crippen LogP contribution in [0.5, 0.6) is 0 Å². The van der Waals surface area contributed by atoms with Crippen LogP contribution in [0.2, 0.25) is 0 Å². The number of esters is 1. The number of unbranched alkanes of at least 4 members (excludes halogenated alkanes) is 1. The number of hydrogen-bond donors (Lipinski definition) is 2. The molecule has 0 unspecified atom stereocenters. The predicted molar refractivity (Wildman–Crippen MR) is 97.0 cm³/mol. The summed E-state index contributed by atoms with van der Waals surface area (Å²) < 4.78 is 69.6. The molecule has 2 atom stereocenters. The molecule has 0 bridgehead atoms. The summed E-state index contributed by atoms with van der Waals surface area (Å²) in [4.78, 5) is 10.8. The second kappa shape index (κ2) is 9.53. The van der Waals surface area contributed by atoms with Crippen molar-refractivity contribution in [1.29, 1.82) is 0 Å². The Kier molecular flexibility index (Phi) is 7.62. The maximum atomic E-state index is 12.6. The van der Waals surface area contributed by atoms with Gasteiger partial charge in [-0.15, -0.1) is 0 Å². The molecule has 0 radical (unpaired) electrons. The number of methoxy groups -OCH3 is 1. The summed E-state index contributed by atoms with van der Waals surface area (Å²) in [6, 6.07) is 3.02. The number of alkyl halides is 3. The van der Waals surface area contributed by atoms with Gasteiger partial charge in [-0.1, -0.05) is 12.2 Å². The Morgan fingerprint density at radius 2 is 2.00 bits per heavy atom. The molecule has 0 spiro atoms. The van der Waals surface area contributed by atoms with Crippen molar-refractivity contribution in [3.8, 4) is 0 Å². The molecule has 1 aliphatic rings. The number of nitrogens with one attached hydrogen (secondary N) is 2. The first kappa shape index (κ1) is 22.4. The number of ether oxygens (including phenoxy) is 1. The van der Waals surface area contributed by atoms with Gasteiger partial charge in [-0.3, -0.25) is 4.79 Å². The van der Waals surface area contributed by atoms with Crippen molar-refractivity contribution in [3.63, 3.8) is 0 Å². The molecule has 0 amide bonds. The number of carbonyl (C=O) groups excluding carboxylic acids is 1. The van der Waals surface area contributed by atoms with E-state index in [4.69, 9.17) is 0 Å². The maximum absolute atomic E-state index is 12.6. The lowest BCUT2D eigenvalue weighted by molar-refractivity contribution is -0.140. The molecular weight excluding hydrogens is 397 g/mol. The minimum atomic E-state index is -4.51. The van der Waals surface area contributed by atoms with Crippen molar-refractivity contribution in [3.05, 3.63) is 42.0 Å². The molecule has 1 fully saturated rings. The summed E-state index contributed by atoms with van der Waals surface area (Å²) in [6.07, 6.45) is 1.56. The largest absolute Gasteiger partial charge is 0.469 e. The van der Waals surface area contributed by atoms with Gasteiger partial charge < -0.3 is 10.1 Å². The molecule has 6 nitrogen and oxygen atoms in total. The van der Waals surface area contributed by atoms with Gasteiger partial charge in [-0.05, 0) is 43.5 Å². The van der Waals surface area contributed by atoms with E-state index in [9.17, 15) is 26.4 Å². The summed E-state index contributed by atoms with van der Waals surface area (Å²) in [5.74, 6) is -0.259. The molecule has 28 heavy (non-hydrogen) atoms. The zero-order chi connectivity index (χ0) is 20.8. The molecule has 1 saturated heterocycles. The number of sulfonamides is 1. The lowest BCUT2D eigenvalue weighted by Gasteiger charge is -2.13. The van der Waals surface area contributed by atoms with Gasteiger partial charge in [0.1, 0.15) is 0 Å². The normalized spacial score (nSPS) is 20.6. The summed E-state index contributed by atoms with van der Waals surface area (Å²) in [6.45, 7) is 0.414. The fraction of sp³-hybridized carbons (Fsp3) is 0.500. The van der Waals surface area contributed by atoms with E-state index in [-0.39, 0.29) is 22.9 Å². The van der Waals surface area contributed by atoms with Gasteiger partial charge in [0.05, 0.1) is 17.6 Å². The lowest BCUT2D eigenvalue weighted by Crippen LogP contribution is -2.36. The number of hydrogen-bond acceptors (Lipinski definition) is 5. The number of allylic oxidation sites excluding steroid dienone is 1. The minimum Gasteiger partial charge on any atom is -0.469 e. The van der Waals surface area contributed by atoms with E-state index in [2.05, 4.69) is 14.8 Å². The van der Waals surface area contributed by atoms with Gasteiger partial charge in [-0.25, -0.2) is 13.1 Å². The Morgan fingerprint density at radius 1 is 1.32 bits per heavy atom. The SMILES string of the molecule is COC(=O)CCC/C=C\[C@@H]1C[C@@H](NS(=O)(=O)c2ccc(C(F)(F)F)cc2)CN1. The number of benzene rings is 1. The summed E-state index contributed by atoms with van der Waals surface area (Å²) >= 11 is 0. The predicted octanol–water partition coefficient (Wildman–Crippen LogP) is 2.61. The van der Waals surface area contributed by atoms with Crippen molar-refractivity contribution in [2.45, 2.75) is 48.8 Å². The average Bonchev–Trinajstić information content (AvgIpc) is 3.07. The van der Waals surface area contributed by atoms with Crippen LogP contribution in [0.15, 0.2) is 41.3 Å². The molecule has 1 aromatic carbocycles. The third-order valence-corrected chi connectivity index (χ3v) is 5.86. The van der Waals surface area contributed by atoms with Gasteiger partial charge >= 0.3 is 12.1 Å². The van der Waals surface area contributed by atoms with Gasteiger partial charge in [-0.2, -0.15) is 13.2 Å². The summed E-state index contributed by atoms with van der Waals surface area (Å²) in [5, 5.41) is 3.17. The molecule has 156 valence electrons. The fourth-order valence-corrected chi connectivity index (χ4v) is 4.09. The molecular formula is C18H23F3N2O4S. The zero-order valence-corrected chi connectivity index (χ0v) is 16.1. The average molecular weight is 420 g/mol. The van der Waals surface area contributed by atoms with Crippen molar-refractivity contribution in [2.24, 2.45) is 0 Å². The maximum Gasteiger partial charge on any atom is 0.416 e. The van der Waals surface area contributed by atoms with E-state index < -0.39 is 21.8 Å². The topological polar surface area (TPSA) is 84.5 Å². The third kappa shape index (κ3) is 6.61. The van der Waals surface area contributed by atoms with Crippen LogP contribution in [-0.2, 0) is 25.7 Å². The first-order valence-corrected chi connectivity index (χ1v) is 10.3. The standard InChI is InChI=1S/C18H23F3N2O4S/c1-27-17(24)6-4-2-3-5-14-11-15(12-22-14)23-28(25,26)16-9-7-13(8-10-16)18(19,20)21/h3,5,7-10,14-15,22-23H,2,4,6,11-12H2,1H3/b5-3-/t14-,15-/m1/s1. The second-order valence-electron chi connectivity index (χ2n) is 6.49. The Labute approximate surface area is 162 Å². The van der Waals surface area contributed by atoms with E-state index in [0.717, 1.165) is 24.3 Å². The van der Waals surface area contributed by atoms with Gasteiger partial charge in [0.25, 0.3) is 0 Å². The van der Waals surface area contributed by atoms with Crippen LogP contribution in [0.25, 0.3) is 0 Å². The van der Waals surface area contributed by atoms with Gasteiger partial charge in [0.2, 0.25) is 10.0 Å². The van der Waals surface area contributed by atoms with Crippen LogP contribution in [0, 0.1) is 0 Å². The zero-order valence-electron chi connectivity index (χ0n) is 15.3. The summed E-state index contributed by atoms with van der Waals surface area (Å²) in [5.41, 5.74) is -0.897. The Hall–Kier alpha value is -1.91. The van der Waals surface area contributed by atoms with Crippen LogP contribution in [0.1, 0.15) is 31.2 Å². The third-order valence-electron chi connectivity index (χ3n) is 4.33. The van der Waals surface area contributed by atoms with Crippen LogP contribution in [-0.4, -0.2) is 40.1 Å². The molecule has 10 heteroatoms. The fourth-order valence-electron chi connectivity index (χ4n) is 2.84. The van der Waals surface area contributed by atoms with E-state index in [0.29, 0.717) is 32.2 Å². The number of rotatable bonds is 8. The van der Waals surface area contributed by atoms with Crippen LogP contribution in [0.4, 0.5) is 13.2 Å². The molecule has 0 saturated carbocycles. The first-order chi connectivity index (χ1) is 13.1. The smallest absolute Gasteiger partial charge is 0.416 e. The monoisotopic (exact) mass is 420 g/mol. The van der Waals surface area contributed by atoms with E-state index in [1.165, 1.54) is 7.11 Å². The number of carbonyl (C=O) groups is 1.